The van der Waals surface area contributed by atoms with Gasteiger partial charge in [0.25, 0.3) is 0 Å². The first-order chi connectivity index (χ1) is 11.0. The molecule has 2 aromatic carbocycles. The van der Waals surface area contributed by atoms with Crippen LogP contribution in [0.5, 0.6) is 17.2 Å². The molecule has 118 valence electrons. The van der Waals surface area contributed by atoms with Crippen LogP contribution >= 0.6 is 0 Å². The number of rotatable bonds is 4. The largest absolute Gasteiger partial charge is 0.504 e. The average molecular weight is 309 g/mol. The van der Waals surface area contributed by atoms with E-state index in [2.05, 4.69) is 6.07 Å². The zero-order valence-corrected chi connectivity index (χ0v) is 13.7. The lowest BCUT2D eigenvalue weighted by molar-refractivity contribution is 0.373. The third kappa shape index (κ3) is 3.29. The van der Waals surface area contributed by atoms with Crippen molar-refractivity contribution in [2.24, 2.45) is 0 Å². The number of allylic oxidation sites excluding steroid dienone is 1. The molecule has 0 aliphatic carbocycles. The lowest BCUT2D eigenvalue weighted by atomic mass is 9.94. The summed E-state index contributed by atoms with van der Waals surface area (Å²) in [7, 11) is 3.12. The first-order valence-corrected chi connectivity index (χ1v) is 7.14. The van der Waals surface area contributed by atoms with Gasteiger partial charge in [-0.2, -0.15) is 5.26 Å². The van der Waals surface area contributed by atoms with Gasteiger partial charge in [-0.05, 0) is 59.9 Å². The summed E-state index contributed by atoms with van der Waals surface area (Å²) >= 11 is 0. The van der Waals surface area contributed by atoms with Gasteiger partial charge in [0, 0.05) is 6.08 Å². The minimum absolute atomic E-state index is 0.0321. The molecule has 0 heterocycles. The van der Waals surface area contributed by atoms with Gasteiger partial charge in [0.15, 0.2) is 11.5 Å². The number of methoxy groups -OCH3 is 2. The topological polar surface area (TPSA) is 62.5 Å². The van der Waals surface area contributed by atoms with E-state index in [4.69, 9.17) is 14.7 Å². The van der Waals surface area contributed by atoms with E-state index in [9.17, 15) is 5.11 Å². The number of aryl methyl sites for hydroxylation is 1. The van der Waals surface area contributed by atoms with Gasteiger partial charge < -0.3 is 14.6 Å². The van der Waals surface area contributed by atoms with Crippen LogP contribution in [0, 0.1) is 25.2 Å². The molecular formula is C19H19NO3. The molecule has 0 radical (unpaired) electrons. The Morgan fingerprint density at radius 1 is 1.04 bits per heavy atom. The Kier molecular flexibility index (Phi) is 4.92. The molecule has 0 saturated heterocycles. The molecule has 0 aliphatic heterocycles. The minimum atomic E-state index is 0.0321. The Morgan fingerprint density at radius 3 is 2.30 bits per heavy atom. The predicted molar refractivity (Wildman–Crippen MR) is 89.8 cm³/mol. The number of nitriles is 1. The van der Waals surface area contributed by atoms with Crippen LogP contribution in [0.15, 0.2) is 36.4 Å². The third-order valence-electron chi connectivity index (χ3n) is 3.85. The molecule has 2 aromatic rings. The summed E-state index contributed by atoms with van der Waals surface area (Å²) < 4.78 is 10.5. The van der Waals surface area contributed by atoms with Crippen molar-refractivity contribution in [2.45, 2.75) is 13.8 Å². The van der Waals surface area contributed by atoms with Gasteiger partial charge in [0.1, 0.15) is 5.75 Å². The van der Waals surface area contributed by atoms with Crippen LogP contribution in [0.3, 0.4) is 0 Å². The van der Waals surface area contributed by atoms with Gasteiger partial charge in [0.05, 0.1) is 20.3 Å². The van der Waals surface area contributed by atoms with E-state index in [1.54, 1.807) is 19.2 Å². The van der Waals surface area contributed by atoms with Crippen molar-refractivity contribution in [3.8, 4) is 23.3 Å². The van der Waals surface area contributed by atoms with Crippen LogP contribution in [-0.4, -0.2) is 19.3 Å². The van der Waals surface area contributed by atoms with Crippen molar-refractivity contribution in [3.63, 3.8) is 0 Å². The van der Waals surface area contributed by atoms with Gasteiger partial charge >= 0.3 is 0 Å². The van der Waals surface area contributed by atoms with Crippen LogP contribution in [0.2, 0.25) is 0 Å². The Labute approximate surface area is 136 Å². The van der Waals surface area contributed by atoms with E-state index in [-0.39, 0.29) is 5.75 Å². The first kappa shape index (κ1) is 16.4. The summed E-state index contributed by atoms with van der Waals surface area (Å²) in [6.45, 7) is 3.99. The number of ether oxygens (including phenoxy) is 2. The Morgan fingerprint density at radius 2 is 1.74 bits per heavy atom. The number of hydrogen-bond donors (Lipinski definition) is 1. The molecule has 0 atom stereocenters. The molecule has 0 aromatic heterocycles. The monoisotopic (exact) mass is 309 g/mol. The van der Waals surface area contributed by atoms with E-state index in [0.717, 1.165) is 28.0 Å². The summed E-state index contributed by atoms with van der Waals surface area (Å²) in [6, 6.07) is 11.0. The first-order valence-electron chi connectivity index (χ1n) is 7.14. The molecule has 0 fully saturated rings. The van der Waals surface area contributed by atoms with Crippen LogP contribution in [0.25, 0.3) is 5.57 Å². The molecule has 1 N–H and O–H groups in total. The lowest BCUT2D eigenvalue weighted by Gasteiger charge is -2.14. The predicted octanol–water partition coefficient (Wildman–Crippen LogP) is 3.98. The van der Waals surface area contributed by atoms with Crippen molar-refractivity contribution in [2.75, 3.05) is 14.2 Å². The number of benzene rings is 2. The second kappa shape index (κ2) is 6.89. The third-order valence-corrected chi connectivity index (χ3v) is 3.85. The molecule has 0 spiro atoms. The molecule has 4 heteroatoms. The van der Waals surface area contributed by atoms with Crippen LogP contribution in [0.4, 0.5) is 0 Å². The van der Waals surface area contributed by atoms with Gasteiger partial charge in [-0.3, -0.25) is 0 Å². The van der Waals surface area contributed by atoms with Gasteiger partial charge in [-0.25, -0.2) is 0 Å². The van der Waals surface area contributed by atoms with E-state index in [0.29, 0.717) is 11.3 Å². The number of phenolic OH excluding ortho intramolecular Hbond substituents is 1. The summed E-state index contributed by atoms with van der Waals surface area (Å²) in [5.41, 5.74) is 4.43. The fourth-order valence-electron chi connectivity index (χ4n) is 2.45. The fraction of sp³-hybridized carbons (Fsp3) is 0.211. The molecule has 4 nitrogen and oxygen atoms in total. The van der Waals surface area contributed by atoms with Crippen LogP contribution in [-0.2, 0) is 0 Å². The summed E-state index contributed by atoms with van der Waals surface area (Å²) in [5.74, 6) is 1.19. The smallest absolute Gasteiger partial charge is 0.160 e. The quantitative estimate of drug-likeness (QED) is 0.868. The van der Waals surface area contributed by atoms with E-state index in [1.165, 1.54) is 13.2 Å². The van der Waals surface area contributed by atoms with Crippen molar-refractivity contribution in [3.05, 3.63) is 58.7 Å². The summed E-state index contributed by atoms with van der Waals surface area (Å²) in [6.07, 6.45) is 1.46. The Bertz CT molecular complexity index is 801. The van der Waals surface area contributed by atoms with E-state index < -0.39 is 0 Å². The highest BCUT2D eigenvalue weighted by Crippen LogP contribution is 2.34. The zero-order chi connectivity index (χ0) is 17.0. The average Bonchev–Trinajstić information content (AvgIpc) is 2.55. The maximum atomic E-state index is 10.00. The lowest BCUT2D eigenvalue weighted by Crippen LogP contribution is -1.95. The number of hydrogen-bond acceptors (Lipinski definition) is 4. The molecule has 23 heavy (non-hydrogen) atoms. The van der Waals surface area contributed by atoms with Crippen molar-refractivity contribution in [1.29, 1.82) is 5.26 Å². The molecule has 0 unspecified atom stereocenters. The van der Waals surface area contributed by atoms with Gasteiger partial charge in [-0.1, -0.05) is 12.1 Å². The molecule has 0 aliphatic rings. The normalized spacial score (nSPS) is 11.0. The molecular weight excluding hydrogens is 290 g/mol. The molecule has 0 amide bonds. The highest BCUT2D eigenvalue weighted by Gasteiger charge is 2.12. The van der Waals surface area contributed by atoms with Crippen LogP contribution < -0.4 is 9.47 Å². The highest BCUT2D eigenvalue weighted by molar-refractivity contribution is 5.83. The molecule has 2 rings (SSSR count). The summed E-state index contributed by atoms with van der Waals surface area (Å²) in [5, 5.41) is 19.1. The number of aromatic hydroxyl groups is 1. The van der Waals surface area contributed by atoms with E-state index in [1.807, 2.05) is 32.0 Å². The Balaban J connectivity index is 2.61. The standard InChI is InChI=1S/C19H19NO3/c1-12-9-15(11-19(23-4)13(12)2)16(7-8-20)14-5-6-18(22-3)17(21)10-14/h5-7,9-11,21H,1-4H3/b16-7+. The maximum Gasteiger partial charge on any atom is 0.160 e. The van der Waals surface area contributed by atoms with E-state index >= 15 is 0 Å². The molecule has 0 saturated carbocycles. The SMILES string of the molecule is COc1ccc(/C(=C\C#N)c2cc(C)c(C)c(OC)c2)cc1O. The van der Waals surface area contributed by atoms with Gasteiger partial charge in [-0.15, -0.1) is 0 Å². The minimum Gasteiger partial charge on any atom is -0.504 e. The number of nitrogens with zero attached hydrogens (tertiary/aromatic N) is 1. The van der Waals surface area contributed by atoms with Crippen LogP contribution in [0.1, 0.15) is 22.3 Å². The fourth-order valence-corrected chi connectivity index (χ4v) is 2.45. The highest BCUT2D eigenvalue weighted by atomic mass is 16.5. The second-order valence-electron chi connectivity index (χ2n) is 5.19. The summed E-state index contributed by atoms with van der Waals surface area (Å²) in [4.78, 5) is 0. The number of phenols is 1. The van der Waals surface area contributed by atoms with Crippen molar-refractivity contribution >= 4 is 5.57 Å². The Hall–Kier alpha value is -2.93. The maximum absolute atomic E-state index is 10.00. The van der Waals surface area contributed by atoms with Crippen molar-refractivity contribution < 1.29 is 14.6 Å². The van der Waals surface area contributed by atoms with Gasteiger partial charge in [0.2, 0.25) is 0 Å². The zero-order valence-electron chi connectivity index (χ0n) is 13.7. The second-order valence-corrected chi connectivity index (χ2v) is 5.19. The van der Waals surface area contributed by atoms with Crippen molar-refractivity contribution in [1.82, 2.24) is 0 Å². The molecule has 0 bridgehead atoms.